The SMILES string of the molecule is CC1CN2CCCC2CN1C(=O)[C@@H](N)C(C)(C)C. The van der Waals surface area contributed by atoms with Crippen molar-refractivity contribution in [2.75, 3.05) is 19.6 Å². The van der Waals surface area contributed by atoms with Gasteiger partial charge in [-0.15, -0.1) is 0 Å². The van der Waals surface area contributed by atoms with E-state index in [1.807, 2.05) is 25.7 Å². The lowest BCUT2D eigenvalue weighted by Gasteiger charge is -2.44. The predicted molar refractivity (Wildman–Crippen MR) is 73.2 cm³/mol. The Hall–Kier alpha value is -0.610. The molecule has 2 saturated heterocycles. The lowest BCUT2D eigenvalue weighted by atomic mass is 9.86. The maximum absolute atomic E-state index is 12.5. The van der Waals surface area contributed by atoms with Gasteiger partial charge in [0.1, 0.15) is 0 Å². The number of carbonyl (C=O) groups is 1. The average molecular weight is 253 g/mol. The van der Waals surface area contributed by atoms with Crippen molar-refractivity contribution < 1.29 is 4.79 Å². The molecule has 2 aliphatic rings. The normalized spacial score (nSPS) is 31.3. The van der Waals surface area contributed by atoms with Crippen molar-refractivity contribution in [2.24, 2.45) is 11.1 Å². The molecule has 2 aliphatic heterocycles. The van der Waals surface area contributed by atoms with E-state index in [0.29, 0.717) is 12.1 Å². The van der Waals surface area contributed by atoms with Crippen LogP contribution >= 0.6 is 0 Å². The first-order valence-electron chi connectivity index (χ1n) is 7.11. The lowest BCUT2D eigenvalue weighted by molar-refractivity contribution is -0.140. The minimum Gasteiger partial charge on any atom is -0.336 e. The van der Waals surface area contributed by atoms with Gasteiger partial charge in [-0.25, -0.2) is 0 Å². The molecule has 18 heavy (non-hydrogen) atoms. The van der Waals surface area contributed by atoms with E-state index in [0.717, 1.165) is 13.1 Å². The van der Waals surface area contributed by atoms with Gasteiger partial charge in [-0.05, 0) is 31.7 Å². The van der Waals surface area contributed by atoms with Gasteiger partial charge < -0.3 is 10.6 Å². The van der Waals surface area contributed by atoms with Crippen molar-refractivity contribution in [1.29, 1.82) is 0 Å². The van der Waals surface area contributed by atoms with E-state index in [1.165, 1.54) is 19.4 Å². The smallest absolute Gasteiger partial charge is 0.240 e. The predicted octanol–water partition coefficient (Wildman–Crippen LogP) is 1.05. The van der Waals surface area contributed by atoms with E-state index >= 15 is 0 Å². The van der Waals surface area contributed by atoms with Gasteiger partial charge in [-0.1, -0.05) is 20.8 Å². The number of carbonyl (C=O) groups excluding carboxylic acids is 1. The average Bonchev–Trinajstić information content (AvgIpc) is 2.71. The molecule has 2 heterocycles. The fourth-order valence-electron chi connectivity index (χ4n) is 3.04. The molecule has 3 atom stereocenters. The topological polar surface area (TPSA) is 49.6 Å². The van der Waals surface area contributed by atoms with E-state index in [1.54, 1.807) is 0 Å². The summed E-state index contributed by atoms with van der Waals surface area (Å²) in [5.41, 5.74) is 5.96. The Morgan fingerprint density at radius 3 is 2.61 bits per heavy atom. The van der Waals surface area contributed by atoms with Crippen LogP contribution in [0.2, 0.25) is 0 Å². The zero-order valence-electron chi connectivity index (χ0n) is 12.1. The van der Waals surface area contributed by atoms with Gasteiger partial charge in [0.25, 0.3) is 0 Å². The zero-order chi connectivity index (χ0) is 13.5. The zero-order valence-corrected chi connectivity index (χ0v) is 12.1. The Kier molecular flexibility index (Phi) is 3.70. The maximum atomic E-state index is 12.5. The summed E-state index contributed by atoms with van der Waals surface area (Å²) in [5.74, 6) is 0.126. The number of rotatable bonds is 1. The number of hydrogen-bond donors (Lipinski definition) is 1. The molecule has 0 saturated carbocycles. The van der Waals surface area contributed by atoms with Crippen molar-refractivity contribution >= 4 is 5.91 Å². The molecule has 4 nitrogen and oxygen atoms in total. The van der Waals surface area contributed by atoms with E-state index in [4.69, 9.17) is 5.73 Å². The van der Waals surface area contributed by atoms with Crippen molar-refractivity contribution in [3.8, 4) is 0 Å². The van der Waals surface area contributed by atoms with E-state index in [9.17, 15) is 4.79 Å². The van der Waals surface area contributed by atoms with Crippen LogP contribution in [0, 0.1) is 5.41 Å². The van der Waals surface area contributed by atoms with Crippen LogP contribution in [0.25, 0.3) is 0 Å². The molecule has 2 rings (SSSR count). The third-order valence-electron chi connectivity index (χ3n) is 4.42. The largest absolute Gasteiger partial charge is 0.336 e. The van der Waals surface area contributed by atoms with Crippen LogP contribution in [-0.4, -0.2) is 53.5 Å². The van der Waals surface area contributed by atoms with E-state index in [2.05, 4.69) is 11.8 Å². The van der Waals surface area contributed by atoms with Crippen LogP contribution in [-0.2, 0) is 4.79 Å². The lowest BCUT2D eigenvalue weighted by Crippen LogP contribution is -2.61. The maximum Gasteiger partial charge on any atom is 0.240 e. The molecule has 0 aromatic rings. The van der Waals surface area contributed by atoms with Crippen LogP contribution in [0.3, 0.4) is 0 Å². The van der Waals surface area contributed by atoms with E-state index < -0.39 is 6.04 Å². The summed E-state index contributed by atoms with van der Waals surface area (Å²) < 4.78 is 0. The monoisotopic (exact) mass is 253 g/mol. The molecule has 104 valence electrons. The second kappa shape index (κ2) is 4.82. The highest BCUT2D eigenvalue weighted by atomic mass is 16.2. The van der Waals surface area contributed by atoms with Crippen LogP contribution in [0.5, 0.6) is 0 Å². The summed E-state index contributed by atoms with van der Waals surface area (Å²) in [6.45, 7) is 11.3. The van der Waals surface area contributed by atoms with Gasteiger partial charge in [0.2, 0.25) is 5.91 Å². The number of amides is 1. The molecule has 2 fully saturated rings. The number of piperazine rings is 1. The van der Waals surface area contributed by atoms with Crippen molar-refractivity contribution in [1.82, 2.24) is 9.80 Å². The Balaban J connectivity index is 2.06. The third-order valence-corrected chi connectivity index (χ3v) is 4.42. The first-order chi connectivity index (χ1) is 8.30. The first kappa shape index (κ1) is 13.8. The molecule has 0 aromatic heterocycles. The molecular formula is C14H27N3O. The van der Waals surface area contributed by atoms with Gasteiger partial charge >= 0.3 is 0 Å². The molecule has 2 unspecified atom stereocenters. The minimum absolute atomic E-state index is 0.126. The molecular weight excluding hydrogens is 226 g/mol. The summed E-state index contributed by atoms with van der Waals surface area (Å²) in [7, 11) is 0. The highest BCUT2D eigenvalue weighted by Crippen LogP contribution is 2.27. The molecule has 0 aromatic carbocycles. The molecule has 0 radical (unpaired) electrons. The molecule has 2 N–H and O–H groups in total. The second-order valence-corrected chi connectivity index (χ2v) is 6.97. The second-order valence-electron chi connectivity index (χ2n) is 6.97. The highest BCUT2D eigenvalue weighted by Gasteiger charge is 2.40. The van der Waals surface area contributed by atoms with Crippen molar-refractivity contribution in [3.63, 3.8) is 0 Å². The van der Waals surface area contributed by atoms with Crippen molar-refractivity contribution in [3.05, 3.63) is 0 Å². The Labute approximate surface area is 110 Å². The van der Waals surface area contributed by atoms with E-state index in [-0.39, 0.29) is 11.3 Å². The first-order valence-corrected chi connectivity index (χ1v) is 7.11. The molecule has 0 bridgehead atoms. The Bertz CT molecular complexity index is 323. The fourth-order valence-corrected chi connectivity index (χ4v) is 3.04. The minimum atomic E-state index is -0.395. The van der Waals surface area contributed by atoms with Crippen LogP contribution < -0.4 is 5.73 Å². The summed E-state index contributed by atoms with van der Waals surface area (Å²) in [4.78, 5) is 17.1. The Morgan fingerprint density at radius 2 is 2.00 bits per heavy atom. The Morgan fingerprint density at radius 1 is 1.33 bits per heavy atom. The third kappa shape index (κ3) is 2.54. The summed E-state index contributed by atoms with van der Waals surface area (Å²) >= 11 is 0. The van der Waals surface area contributed by atoms with Gasteiger partial charge in [0.05, 0.1) is 6.04 Å². The molecule has 1 amide bonds. The quantitative estimate of drug-likeness (QED) is 0.760. The molecule has 4 heteroatoms. The van der Waals surface area contributed by atoms with Gasteiger partial charge in [-0.2, -0.15) is 0 Å². The van der Waals surface area contributed by atoms with Crippen molar-refractivity contribution in [2.45, 2.75) is 58.7 Å². The molecule has 0 spiro atoms. The molecule has 0 aliphatic carbocycles. The highest BCUT2D eigenvalue weighted by molar-refractivity contribution is 5.83. The summed E-state index contributed by atoms with van der Waals surface area (Å²) in [6.07, 6.45) is 2.49. The van der Waals surface area contributed by atoms with Gasteiger partial charge in [0, 0.05) is 25.2 Å². The van der Waals surface area contributed by atoms with Crippen LogP contribution in [0.1, 0.15) is 40.5 Å². The standard InChI is InChI=1S/C14H27N3O/c1-10-8-16-7-5-6-11(16)9-17(10)13(18)12(15)14(2,3)4/h10-12H,5-9,15H2,1-4H3/t10?,11?,12-/m1/s1. The van der Waals surface area contributed by atoms with Gasteiger partial charge in [0.15, 0.2) is 0 Å². The number of nitrogens with two attached hydrogens (primary N) is 1. The van der Waals surface area contributed by atoms with Gasteiger partial charge in [-0.3, -0.25) is 9.69 Å². The van der Waals surface area contributed by atoms with Crippen LogP contribution in [0.4, 0.5) is 0 Å². The number of fused-ring (bicyclic) bond motifs is 1. The number of hydrogen-bond acceptors (Lipinski definition) is 3. The summed E-state index contributed by atoms with van der Waals surface area (Å²) in [6, 6.07) is 0.463. The fraction of sp³-hybridized carbons (Fsp3) is 0.929. The van der Waals surface area contributed by atoms with Crippen LogP contribution in [0.15, 0.2) is 0 Å². The summed E-state index contributed by atoms with van der Waals surface area (Å²) in [5, 5.41) is 0. The number of nitrogens with zero attached hydrogens (tertiary/aromatic N) is 2.